The Kier molecular flexibility index (Phi) is 6.70. The number of nitrogens with zero attached hydrogens (tertiary/aromatic N) is 2. The summed E-state index contributed by atoms with van der Waals surface area (Å²) in [6.45, 7) is 7.97. The van der Waals surface area contributed by atoms with Crippen LogP contribution in [0.3, 0.4) is 0 Å². The molecule has 0 saturated carbocycles. The highest BCUT2D eigenvalue weighted by molar-refractivity contribution is 7.14. The molecule has 0 radical (unpaired) electrons. The zero-order valence-electron chi connectivity index (χ0n) is 18.1. The minimum absolute atomic E-state index is 0.123. The van der Waals surface area contributed by atoms with Gasteiger partial charge in [-0.3, -0.25) is 14.4 Å². The number of nitrogens with one attached hydrogen (secondary N) is 2. The summed E-state index contributed by atoms with van der Waals surface area (Å²) >= 11 is 1.29. The van der Waals surface area contributed by atoms with Crippen molar-refractivity contribution in [3.63, 3.8) is 0 Å². The number of rotatable bonds is 7. The lowest BCUT2D eigenvalue weighted by Crippen LogP contribution is -2.32. The van der Waals surface area contributed by atoms with Crippen LogP contribution in [0.15, 0.2) is 42.0 Å². The maximum atomic E-state index is 12.3. The number of hydrogen-bond acceptors (Lipinski definition) is 5. The molecule has 7 nitrogen and oxygen atoms in total. The lowest BCUT2D eigenvalue weighted by molar-refractivity contribution is -0.115. The summed E-state index contributed by atoms with van der Waals surface area (Å²) in [7, 11) is 0. The van der Waals surface area contributed by atoms with Crippen molar-refractivity contribution in [2.24, 2.45) is 0 Å². The van der Waals surface area contributed by atoms with E-state index in [0.717, 1.165) is 23.8 Å². The third-order valence-electron chi connectivity index (χ3n) is 4.84. The van der Waals surface area contributed by atoms with Gasteiger partial charge >= 0.3 is 0 Å². The van der Waals surface area contributed by atoms with Crippen LogP contribution < -0.4 is 10.6 Å². The number of hydrogen-bond donors (Lipinski definition) is 2. The number of aryl methyl sites for hydroxylation is 1. The number of carbonyl (C=O) groups is 3. The number of benzene rings is 1. The van der Waals surface area contributed by atoms with Crippen LogP contribution in [0.5, 0.6) is 0 Å². The van der Waals surface area contributed by atoms with E-state index in [9.17, 15) is 14.4 Å². The number of aromatic nitrogens is 2. The molecule has 2 amide bonds. The molecule has 0 unspecified atom stereocenters. The van der Waals surface area contributed by atoms with E-state index in [1.165, 1.54) is 11.3 Å². The van der Waals surface area contributed by atoms with Gasteiger partial charge in [-0.25, -0.2) is 4.98 Å². The predicted octanol–water partition coefficient (Wildman–Crippen LogP) is 4.11. The van der Waals surface area contributed by atoms with Crippen LogP contribution >= 0.6 is 11.3 Å². The van der Waals surface area contributed by atoms with Crippen molar-refractivity contribution in [1.82, 2.24) is 14.9 Å². The Balaban J connectivity index is 1.58. The lowest BCUT2D eigenvalue weighted by atomic mass is 10.0. The molecule has 0 fully saturated rings. The average molecular weight is 439 g/mol. The molecule has 0 aliphatic rings. The zero-order chi connectivity index (χ0) is 22.6. The van der Waals surface area contributed by atoms with Gasteiger partial charge in [0.15, 0.2) is 5.13 Å². The van der Waals surface area contributed by atoms with Gasteiger partial charge in [0, 0.05) is 34.4 Å². The molecule has 3 aromatic rings. The van der Waals surface area contributed by atoms with Crippen molar-refractivity contribution < 1.29 is 14.4 Å². The molecule has 0 spiro atoms. The molecule has 0 bridgehead atoms. The average Bonchev–Trinajstić information content (AvgIpc) is 3.41. The van der Waals surface area contributed by atoms with E-state index in [1.807, 2.05) is 56.0 Å². The Morgan fingerprint density at radius 1 is 1.23 bits per heavy atom. The molecular weight excluding hydrogens is 412 g/mol. The highest BCUT2D eigenvalue weighted by Gasteiger charge is 2.16. The molecule has 31 heavy (non-hydrogen) atoms. The van der Waals surface area contributed by atoms with Gasteiger partial charge in [0.05, 0.1) is 17.8 Å². The molecule has 162 valence electrons. The Hall–Kier alpha value is -3.26. The number of aldehydes is 1. The smallest absolute Gasteiger partial charge is 0.253 e. The Morgan fingerprint density at radius 3 is 2.65 bits per heavy atom. The molecule has 0 saturated heterocycles. The molecule has 1 aromatic carbocycles. The highest BCUT2D eigenvalue weighted by Crippen LogP contribution is 2.26. The van der Waals surface area contributed by atoms with Crippen LogP contribution in [0.25, 0.3) is 11.3 Å². The van der Waals surface area contributed by atoms with E-state index in [1.54, 1.807) is 18.3 Å². The van der Waals surface area contributed by atoms with Crippen molar-refractivity contribution >= 4 is 34.6 Å². The summed E-state index contributed by atoms with van der Waals surface area (Å²) in [5, 5.41) is 7.57. The first-order valence-electron chi connectivity index (χ1n) is 10.0. The molecule has 2 aromatic heterocycles. The van der Waals surface area contributed by atoms with Gasteiger partial charge in [-0.05, 0) is 44.9 Å². The van der Waals surface area contributed by atoms with Crippen molar-refractivity contribution in [3.8, 4) is 11.3 Å². The van der Waals surface area contributed by atoms with E-state index in [4.69, 9.17) is 0 Å². The summed E-state index contributed by atoms with van der Waals surface area (Å²) in [4.78, 5) is 40.2. The Bertz CT molecular complexity index is 1110. The van der Waals surface area contributed by atoms with Crippen molar-refractivity contribution in [2.45, 2.75) is 39.7 Å². The number of amides is 2. The molecule has 3 rings (SSSR count). The number of thiazole rings is 1. The highest BCUT2D eigenvalue weighted by atomic mass is 32.1. The predicted molar refractivity (Wildman–Crippen MR) is 123 cm³/mol. The fourth-order valence-electron chi connectivity index (χ4n) is 3.02. The second kappa shape index (κ2) is 9.26. The molecule has 0 aliphatic heterocycles. The summed E-state index contributed by atoms with van der Waals surface area (Å²) in [5.74, 6) is -0.671. The molecular formula is C23H26N4O3S. The van der Waals surface area contributed by atoms with Crippen molar-refractivity contribution in [1.29, 1.82) is 0 Å². The van der Waals surface area contributed by atoms with E-state index in [0.29, 0.717) is 22.0 Å². The normalized spacial score (nSPS) is 11.2. The number of carbonyl (C=O) groups excluding carboxylic acids is 3. The molecule has 0 atom stereocenters. The Morgan fingerprint density at radius 2 is 2.00 bits per heavy atom. The third-order valence-corrected chi connectivity index (χ3v) is 5.60. The summed E-state index contributed by atoms with van der Waals surface area (Å²) in [5.41, 5.74) is 3.49. The minimum atomic E-state index is -0.362. The van der Waals surface area contributed by atoms with E-state index < -0.39 is 0 Å². The standard InChI is InChI=1S/C23H26N4O3S/c1-5-15-6-7-16(10-18(15)13-28)19-14-31-22(25-19)26-20(29)11-24-21(30)17-8-9-27(12-17)23(2,3)4/h6-10,12-14H,5,11H2,1-4H3,(H,24,30)(H,25,26,29). The molecule has 0 aliphatic carbocycles. The largest absolute Gasteiger partial charge is 0.348 e. The van der Waals surface area contributed by atoms with Gasteiger partial charge in [-0.15, -0.1) is 11.3 Å². The van der Waals surface area contributed by atoms with Crippen LogP contribution in [0.1, 0.15) is 54.0 Å². The first kappa shape index (κ1) is 22.4. The third kappa shape index (κ3) is 5.46. The number of anilines is 1. The molecule has 2 heterocycles. The van der Waals surface area contributed by atoms with Gasteiger partial charge < -0.3 is 15.2 Å². The SMILES string of the molecule is CCc1ccc(-c2csc(NC(=O)CNC(=O)c3ccn(C(C)(C)C)c3)n2)cc1C=O. The maximum absolute atomic E-state index is 12.3. The van der Waals surface area contributed by atoms with Crippen LogP contribution in [-0.4, -0.2) is 34.2 Å². The van der Waals surface area contributed by atoms with E-state index >= 15 is 0 Å². The van der Waals surface area contributed by atoms with Crippen LogP contribution in [0, 0.1) is 0 Å². The van der Waals surface area contributed by atoms with Gasteiger partial charge in [0.1, 0.15) is 6.29 Å². The van der Waals surface area contributed by atoms with Crippen molar-refractivity contribution in [3.05, 3.63) is 58.7 Å². The van der Waals surface area contributed by atoms with Crippen LogP contribution in [0.2, 0.25) is 0 Å². The maximum Gasteiger partial charge on any atom is 0.253 e. The summed E-state index contributed by atoms with van der Waals surface area (Å²) in [6, 6.07) is 7.36. The topological polar surface area (TPSA) is 93.1 Å². The van der Waals surface area contributed by atoms with Gasteiger partial charge in [-0.1, -0.05) is 19.1 Å². The van der Waals surface area contributed by atoms with E-state index in [-0.39, 0.29) is 23.9 Å². The minimum Gasteiger partial charge on any atom is -0.348 e. The first-order valence-corrected chi connectivity index (χ1v) is 10.9. The summed E-state index contributed by atoms with van der Waals surface area (Å²) < 4.78 is 1.95. The Labute approximate surface area is 185 Å². The van der Waals surface area contributed by atoms with Crippen LogP contribution in [0.4, 0.5) is 5.13 Å². The van der Waals surface area contributed by atoms with Crippen LogP contribution in [-0.2, 0) is 16.8 Å². The zero-order valence-corrected chi connectivity index (χ0v) is 18.9. The van der Waals surface area contributed by atoms with Crippen molar-refractivity contribution in [2.75, 3.05) is 11.9 Å². The molecule has 2 N–H and O–H groups in total. The lowest BCUT2D eigenvalue weighted by Gasteiger charge is -2.20. The van der Waals surface area contributed by atoms with E-state index in [2.05, 4.69) is 15.6 Å². The monoisotopic (exact) mass is 438 g/mol. The van der Waals surface area contributed by atoms with Gasteiger partial charge in [-0.2, -0.15) is 0 Å². The quantitative estimate of drug-likeness (QED) is 0.543. The summed E-state index contributed by atoms with van der Waals surface area (Å²) in [6.07, 6.45) is 5.22. The second-order valence-electron chi connectivity index (χ2n) is 8.13. The fourth-order valence-corrected chi connectivity index (χ4v) is 3.76. The first-order chi connectivity index (χ1) is 14.7. The van der Waals surface area contributed by atoms with Gasteiger partial charge in [0.2, 0.25) is 5.91 Å². The fraction of sp³-hybridized carbons (Fsp3) is 0.304. The van der Waals surface area contributed by atoms with Gasteiger partial charge in [0.25, 0.3) is 5.91 Å². The molecule has 8 heteroatoms. The second-order valence-corrected chi connectivity index (χ2v) is 8.99.